The van der Waals surface area contributed by atoms with Crippen LogP contribution in [0.2, 0.25) is 0 Å². The standard InChI is InChI=1S/C25H29BrN2O4S/c1-2-32-25(31)23-21(15-33-17-6-4-3-5-7-17)27-20-12-19(26)24(30)18(22(20)23)13-28-10-8-16(14-29)9-11-28/h3-7,12,16,27,29-30H,2,8-11,13-15H2,1H3. The van der Waals surface area contributed by atoms with E-state index in [0.29, 0.717) is 28.3 Å². The average Bonchev–Trinajstić information content (AvgIpc) is 3.19. The van der Waals surface area contributed by atoms with Crippen molar-refractivity contribution in [2.45, 2.75) is 37.0 Å². The lowest BCUT2D eigenvalue weighted by Gasteiger charge is -2.31. The minimum absolute atomic E-state index is 0.151. The van der Waals surface area contributed by atoms with Gasteiger partial charge >= 0.3 is 5.97 Å². The van der Waals surface area contributed by atoms with Gasteiger partial charge in [-0.05, 0) is 72.9 Å². The van der Waals surface area contributed by atoms with E-state index >= 15 is 0 Å². The molecule has 1 aliphatic heterocycles. The first kappa shape index (κ1) is 24.1. The summed E-state index contributed by atoms with van der Waals surface area (Å²) in [6.45, 7) is 4.50. The van der Waals surface area contributed by atoms with Crippen molar-refractivity contribution < 1.29 is 19.7 Å². The lowest BCUT2D eigenvalue weighted by molar-refractivity contribution is 0.0527. The molecule has 3 aromatic rings. The van der Waals surface area contributed by atoms with Crippen LogP contribution in [-0.4, -0.2) is 52.4 Å². The molecule has 33 heavy (non-hydrogen) atoms. The molecule has 4 rings (SSSR count). The maximum absolute atomic E-state index is 13.1. The monoisotopic (exact) mass is 532 g/mol. The fraction of sp³-hybridized carbons (Fsp3) is 0.400. The SMILES string of the molecule is CCOC(=O)c1c(CSc2ccccc2)[nH]c2cc(Br)c(O)c(CN3CCC(CO)CC3)c12. The van der Waals surface area contributed by atoms with Gasteiger partial charge in [0.15, 0.2) is 0 Å². The number of phenolic OH excluding ortho intramolecular Hbond substituents is 1. The molecule has 0 atom stereocenters. The number of ether oxygens (including phenoxy) is 1. The van der Waals surface area contributed by atoms with Gasteiger partial charge in [-0.2, -0.15) is 0 Å². The molecule has 1 aliphatic rings. The third-order valence-electron chi connectivity index (χ3n) is 6.14. The van der Waals surface area contributed by atoms with Gasteiger partial charge in [0.1, 0.15) is 5.75 Å². The molecule has 0 bridgehead atoms. The largest absolute Gasteiger partial charge is 0.506 e. The Bertz CT molecular complexity index is 1110. The number of fused-ring (bicyclic) bond motifs is 1. The third kappa shape index (κ3) is 5.40. The highest BCUT2D eigenvalue weighted by molar-refractivity contribution is 9.10. The summed E-state index contributed by atoms with van der Waals surface area (Å²) in [5.41, 5.74) is 2.80. The normalized spacial score (nSPS) is 15.2. The molecule has 0 aliphatic carbocycles. The number of aromatic hydroxyl groups is 1. The lowest BCUT2D eigenvalue weighted by atomic mass is 9.96. The van der Waals surface area contributed by atoms with Crippen LogP contribution >= 0.6 is 27.7 Å². The van der Waals surface area contributed by atoms with E-state index in [1.165, 1.54) is 0 Å². The number of H-pyrrole nitrogens is 1. The Kier molecular flexibility index (Phi) is 8.01. The maximum atomic E-state index is 13.1. The number of carbonyl (C=O) groups excluding carboxylic acids is 1. The minimum atomic E-state index is -0.380. The number of phenols is 1. The summed E-state index contributed by atoms with van der Waals surface area (Å²) in [5, 5.41) is 21.2. The van der Waals surface area contributed by atoms with Crippen LogP contribution in [0, 0.1) is 5.92 Å². The van der Waals surface area contributed by atoms with E-state index in [4.69, 9.17) is 4.74 Å². The molecule has 0 unspecified atom stereocenters. The van der Waals surface area contributed by atoms with E-state index in [-0.39, 0.29) is 24.9 Å². The molecule has 6 nitrogen and oxygen atoms in total. The van der Waals surface area contributed by atoms with Gasteiger partial charge in [0.25, 0.3) is 0 Å². The number of nitrogens with zero attached hydrogens (tertiary/aromatic N) is 1. The quantitative estimate of drug-likeness (QED) is 0.269. The summed E-state index contributed by atoms with van der Waals surface area (Å²) >= 11 is 5.13. The smallest absolute Gasteiger partial charge is 0.340 e. The molecular weight excluding hydrogens is 504 g/mol. The van der Waals surface area contributed by atoms with Gasteiger partial charge in [-0.15, -0.1) is 11.8 Å². The number of likely N-dealkylation sites (tertiary alicyclic amines) is 1. The Labute approximate surface area is 206 Å². The van der Waals surface area contributed by atoms with Crippen LogP contribution in [0.25, 0.3) is 10.9 Å². The number of aromatic amines is 1. The van der Waals surface area contributed by atoms with Crippen molar-refractivity contribution in [2.24, 2.45) is 5.92 Å². The van der Waals surface area contributed by atoms with Crippen molar-refractivity contribution in [1.82, 2.24) is 9.88 Å². The number of aliphatic hydroxyl groups is 1. The number of aromatic nitrogens is 1. The summed E-state index contributed by atoms with van der Waals surface area (Å²) in [5.74, 6) is 0.682. The third-order valence-corrected chi connectivity index (χ3v) is 7.79. The van der Waals surface area contributed by atoms with E-state index in [1.807, 2.05) is 36.4 Å². The Morgan fingerprint density at radius 2 is 2.00 bits per heavy atom. The van der Waals surface area contributed by atoms with Crippen molar-refractivity contribution in [3.63, 3.8) is 0 Å². The van der Waals surface area contributed by atoms with E-state index in [9.17, 15) is 15.0 Å². The topological polar surface area (TPSA) is 85.8 Å². The fourth-order valence-corrected chi connectivity index (χ4v) is 5.71. The lowest BCUT2D eigenvalue weighted by Crippen LogP contribution is -2.34. The number of benzene rings is 2. The predicted molar refractivity (Wildman–Crippen MR) is 135 cm³/mol. The van der Waals surface area contributed by atoms with Gasteiger partial charge in [-0.3, -0.25) is 4.90 Å². The zero-order valence-corrected chi connectivity index (χ0v) is 21.0. The van der Waals surface area contributed by atoms with Crippen molar-refractivity contribution in [3.05, 3.63) is 57.7 Å². The second kappa shape index (κ2) is 11.0. The molecule has 8 heteroatoms. The molecule has 0 spiro atoms. The molecule has 1 saturated heterocycles. The van der Waals surface area contributed by atoms with Crippen LogP contribution in [0.15, 0.2) is 45.8 Å². The maximum Gasteiger partial charge on any atom is 0.340 e. The van der Waals surface area contributed by atoms with Crippen LogP contribution in [-0.2, 0) is 17.0 Å². The Balaban J connectivity index is 1.73. The zero-order chi connectivity index (χ0) is 23.4. The van der Waals surface area contributed by atoms with E-state index < -0.39 is 0 Å². The average molecular weight is 533 g/mol. The number of hydrogen-bond donors (Lipinski definition) is 3. The Morgan fingerprint density at radius 3 is 2.67 bits per heavy atom. The van der Waals surface area contributed by atoms with E-state index in [1.54, 1.807) is 18.7 Å². The molecule has 1 aromatic heterocycles. The first-order valence-electron chi connectivity index (χ1n) is 11.2. The highest BCUT2D eigenvalue weighted by Crippen LogP contribution is 2.40. The fourth-order valence-electron chi connectivity index (χ4n) is 4.37. The number of halogens is 1. The summed E-state index contributed by atoms with van der Waals surface area (Å²) in [6.07, 6.45) is 1.84. The van der Waals surface area contributed by atoms with Gasteiger partial charge in [0.2, 0.25) is 0 Å². The summed E-state index contributed by atoms with van der Waals surface area (Å²) in [7, 11) is 0. The van der Waals surface area contributed by atoms with Crippen LogP contribution in [0.4, 0.5) is 0 Å². The number of nitrogens with one attached hydrogen (secondary N) is 1. The molecule has 0 saturated carbocycles. The summed E-state index contributed by atoms with van der Waals surface area (Å²) in [6, 6.07) is 11.9. The number of aliphatic hydroxyl groups excluding tert-OH is 1. The number of rotatable bonds is 8. The number of carbonyl (C=O) groups is 1. The van der Waals surface area contributed by atoms with Crippen LogP contribution < -0.4 is 0 Å². The first-order valence-corrected chi connectivity index (χ1v) is 13.0. The molecule has 3 N–H and O–H groups in total. The Hall–Kier alpha value is -2.00. The van der Waals surface area contributed by atoms with Crippen LogP contribution in [0.1, 0.15) is 41.4 Å². The number of thioether (sulfide) groups is 1. The van der Waals surface area contributed by atoms with Gasteiger partial charge in [-0.1, -0.05) is 18.2 Å². The number of piperidine rings is 1. The van der Waals surface area contributed by atoms with Crippen LogP contribution in [0.5, 0.6) is 5.75 Å². The van der Waals surface area contributed by atoms with Gasteiger partial charge in [-0.25, -0.2) is 4.79 Å². The molecule has 0 amide bonds. The molecular formula is C25H29BrN2O4S. The van der Waals surface area contributed by atoms with Crippen molar-refractivity contribution >= 4 is 44.6 Å². The first-order chi connectivity index (χ1) is 16.0. The highest BCUT2D eigenvalue weighted by Gasteiger charge is 2.27. The summed E-state index contributed by atoms with van der Waals surface area (Å²) in [4.78, 5) is 19.9. The second-order valence-electron chi connectivity index (χ2n) is 8.31. The van der Waals surface area contributed by atoms with E-state index in [2.05, 4.69) is 25.8 Å². The van der Waals surface area contributed by atoms with Crippen LogP contribution in [0.3, 0.4) is 0 Å². The van der Waals surface area contributed by atoms with Crippen molar-refractivity contribution in [3.8, 4) is 5.75 Å². The molecule has 176 valence electrons. The molecule has 2 heterocycles. The minimum Gasteiger partial charge on any atom is -0.506 e. The van der Waals surface area contributed by atoms with Gasteiger partial charge in [0.05, 0.1) is 16.6 Å². The van der Waals surface area contributed by atoms with E-state index in [0.717, 1.165) is 53.0 Å². The predicted octanol–water partition coefficient (Wildman–Crippen LogP) is 5.31. The highest BCUT2D eigenvalue weighted by atomic mass is 79.9. The molecule has 0 radical (unpaired) electrons. The number of esters is 1. The zero-order valence-electron chi connectivity index (χ0n) is 18.6. The van der Waals surface area contributed by atoms with Crippen molar-refractivity contribution in [1.29, 1.82) is 0 Å². The molecule has 2 aromatic carbocycles. The molecule has 1 fully saturated rings. The number of hydrogen-bond acceptors (Lipinski definition) is 6. The second-order valence-corrected chi connectivity index (χ2v) is 10.2. The van der Waals surface area contributed by atoms with Gasteiger partial charge < -0.3 is 19.9 Å². The summed E-state index contributed by atoms with van der Waals surface area (Å²) < 4.78 is 6.02. The van der Waals surface area contributed by atoms with Gasteiger partial charge in [0, 0.05) is 46.0 Å². The Morgan fingerprint density at radius 1 is 1.27 bits per heavy atom. The van der Waals surface area contributed by atoms with Crippen molar-refractivity contribution in [2.75, 3.05) is 26.3 Å².